The minimum absolute atomic E-state index is 0.178. The van der Waals surface area contributed by atoms with E-state index in [1.54, 1.807) is 49.8 Å². The molecular weight excluding hydrogens is 487 g/mol. The summed E-state index contributed by atoms with van der Waals surface area (Å²) in [7, 11) is 0. The molecule has 0 saturated carbocycles. The Morgan fingerprint density at radius 2 is 2.03 bits per heavy atom. The Bertz CT molecular complexity index is 1540. The number of hydrogen-bond acceptors (Lipinski definition) is 7. The molecule has 6 rings (SSSR count). The van der Waals surface area contributed by atoms with Gasteiger partial charge in [-0.3, -0.25) is 9.20 Å². The molecule has 4 aromatic rings. The smallest absolute Gasteiger partial charge is 0.254 e. The van der Waals surface area contributed by atoms with Crippen molar-refractivity contribution in [2.45, 2.75) is 39.0 Å². The average molecular weight is 517 g/mol. The molecule has 5 heterocycles. The maximum atomic E-state index is 14.6. The summed E-state index contributed by atoms with van der Waals surface area (Å²) in [6, 6.07) is 9.30. The first-order valence-electron chi connectivity index (χ1n) is 12.6. The average Bonchev–Trinajstić information content (AvgIpc) is 3.51. The van der Waals surface area contributed by atoms with Gasteiger partial charge in [-0.15, -0.1) is 0 Å². The molecule has 3 aromatic heterocycles. The molecule has 1 aromatic carbocycles. The molecule has 2 aliphatic rings. The molecule has 2 aliphatic heterocycles. The Kier molecular flexibility index (Phi) is 5.81. The minimum atomic E-state index is -0.933. The number of halogens is 1. The van der Waals surface area contributed by atoms with Crippen molar-refractivity contribution in [1.82, 2.24) is 19.7 Å². The molecule has 0 aliphatic carbocycles. The Morgan fingerprint density at radius 3 is 2.79 bits per heavy atom. The number of hydrogen-bond donors (Lipinski definition) is 3. The highest BCUT2D eigenvalue weighted by Gasteiger charge is 2.33. The summed E-state index contributed by atoms with van der Waals surface area (Å²) in [6.45, 7) is 7.39. The van der Waals surface area contributed by atoms with Crippen LogP contribution in [-0.2, 0) is 11.3 Å². The topological polar surface area (TPSA) is 104 Å². The quantitative estimate of drug-likeness (QED) is 0.371. The summed E-state index contributed by atoms with van der Waals surface area (Å²) >= 11 is 0. The Balaban J connectivity index is 1.28. The van der Waals surface area contributed by atoms with E-state index in [1.165, 1.54) is 0 Å². The van der Waals surface area contributed by atoms with Gasteiger partial charge in [-0.1, -0.05) is 6.07 Å². The zero-order valence-electron chi connectivity index (χ0n) is 21.5. The second-order valence-corrected chi connectivity index (χ2v) is 10.3. The van der Waals surface area contributed by atoms with Gasteiger partial charge in [0.15, 0.2) is 11.5 Å². The van der Waals surface area contributed by atoms with E-state index in [0.717, 1.165) is 22.5 Å². The van der Waals surface area contributed by atoms with Gasteiger partial charge < -0.3 is 25.4 Å². The van der Waals surface area contributed by atoms with Crippen molar-refractivity contribution in [3.63, 3.8) is 0 Å². The van der Waals surface area contributed by atoms with Crippen molar-refractivity contribution < 1.29 is 19.0 Å². The van der Waals surface area contributed by atoms with Crippen LogP contribution in [0.5, 0.6) is 0 Å². The number of amides is 1. The fraction of sp³-hybridized carbons (Fsp3) is 0.321. The van der Waals surface area contributed by atoms with E-state index in [4.69, 9.17) is 4.74 Å². The van der Waals surface area contributed by atoms with E-state index in [2.05, 4.69) is 25.5 Å². The van der Waals surface area contributed by atoms with Crippen LogP contribution in [0.1, 0.15) is 35.3 Å². The lowest BCUT2D eigenvalue weighted by molar-refractivity contribution is -0.0928. The maximum absolute atomic E-state index is 14.6. The molecule has 1 saturated heterocycles. The number of carbonyl (C=O) groups excluding carboxylic acids is 1. The number of imidazole rings is 1. The molecular formula is C28H29FN6O3. The summed E-state index contributed by atoms with van der Waals surface area (Å²) in [4.78, 5) is 23.8. The van der Waals surface area contributed by atoms with Gasteiger partial charge in [-0.2, -0.15) is 0 Å². The summed E-state index contributed by atoms with van der Waals surface area (Å²) in [5, 5.41) is 16.5. The molecule has 1 atom stereocenters. The van der Waals surface area contributed by atoms with Gasteiger partial charge in [-0.25, -0.2) is 14.4 Å². The van der Waals surface area contributed by atoms with Gasteiger partial charge in [0, 0.05) is 31.4 Å². The first kappa shape index (κ1) is 24.3. The van der Waals surface area contributed by atoms with Gasteiger partial charge in [0.05, 0.1) is 47.2 Å². The number of fused-ring (bicyclic) bond motifs is 2. The highest BCUT2D eigenvalue weighted by molar-refractivity contribution is 6.06. The third-order valence-corrected chi connectivity index (χ3v) is 7.28. The standard InChI is InChI=1S/C28H29FN6O3/c1-16-8-9-35-21(14-31-26(35)25(16)29)18-5-6-20(24-19(18)13-32-27(24)36)33-23-7-4-17(12-30-23)34-10-11-38-22(15-34)28(2,3)37/h4-9,12,14,22,37H,10-11,13,15H2,1-3H3,(H,30,33)(H,32,36). The molecule has 0 radical (unpaired) electrons. The van der Waals surface area contributed by atoms with E-state index < -0.39 is 5.60 Å². The highest BCUT2D eigenvalue weighted by atomic mass is 19.1. The van der Waals surface area contributed by atoms with Crippen molar-refractivity contribution in [3.8, 4) is 11.3 Å². The van der Waals surface area contributed by atoms with Gasteiger partial charge in [0.2, 0.25) is 0 Å². The molecule has 10 heteroatoms. The number of aryl methyl sites for hydroxylation is 1. The normalized spacial score (nSPS) is 17.6. The van der Waals surface area contributed by atoms with Crippen LogP contribution >= 0.6 is 0 Å². The molecule has 1 fully saturated rings. The third-order valence-electron chi connectivity index (χ3n) is 7.28. The van der Waals surface area contributed by atoms with Crippen molar-refractivity contribution in [2.24, 2.45) is 0 Å². The van der Waals surface area contributed by atoms with Gasteiger partial charge in [0.1, 0.15) is 11.9 Å². The lowest BCUT2D eigenvalue weighted by atomic mass is 9.99. The maximum Gasteiger partial charge on any atom is 0.254 e. The van der Waals surface area contributed by atoms with Crippen molar-refractivity contribution in [2.75, 3.05) is 29.9 Å². The van der Waals surface area contributed by atoms with Crippen LogP contribution in [0, 0.1) is 12.7 Å². The second kappa shape index (κ2) is 9.07. The summed E-state index contributed by atoms with van der Waals surface area (Å²) in [6.07, 6.45) is 4.92. The minimum Gasteiger partial charge on any atom is -0.388 e. The van der Waals surface area contributed by atoms with Crippen LogP contribution in [0.4, 0.5) is 21.6 Å². The Morgan fingerprint density at radius 1 is 1.18 bits per heavy atom. The van der Waals surface area contributed by atoms with Crippen LogP contribution in [0.2, 0.25) is 0 Å². The molecule has 196 valence electrons. The van der Waals surface area contributed by atoms with Gasteiger partial charge >= 0.3 is 0 Å². The van der Waals surface area contributed by atoms with Crippen molar-refractivity contribution in [3.05, 3.63) is 71.4 Å². The van der Waals surface area contributed by atoms with Crippen LogP contribution in [0.3, 0.4) is 0 Å². The van der Waals surface area contributed by atoms with Crippen LogP contribution < -0.4 is 15.5 Å². The zero-order valence-corrected chi connectivity index (χ0v) is 21.5. The largest absolute Gasteiger partial charge is 0.388 e. The predicted molar refractivity (Wildman–Crippen MR) is 142 cm³/mol. The number of nitrogens with zero attached hydrogens (tertiary/aromatic N) is 4. The van der Waals surface area contributed by atoms with E-state index in [1.807, 2.05) is 24.3 Å². The van der Waals surface area contributed by atoms with E-state index in [9.17, 15) is 14.3 Å². The number of ether oxygens (including phenoxy) is 1. The van der Waals surface area contributed by atoms with Gasteiger partial charge in [-0.05, 0) is 56.2 Å². The Hall–Kier alpha value is -4.02. The number of benzene rings is 1. The number of nitrogens with one attached hydrogen (secondary N) is 2. The third kappa shape index (κ3) is 4.15. The molecule has 0 spiro atoms. The number of pyridine rings is 2. The molecule has 1 unspecified atom stereocenters. The van der Waals surface area contributed by atoms with Crippen LogP contribution in [0.25, 0.3) is 16.9 Å². The number of carbonyl (C=O) groups is 1. The SMILES string of the molecule is Cc1ccn2c(-c3ccc(Nc4ccc(N5CCOC(C(C)(C)O)C5)cn4)c4c3CNC4=O)cnc2c1F. The first-order valence-corrected chi connectivity index (χ1v) is 12.6. The molecule has 0 bridgehead atoms. The number of anilines is 3. The number of aromatic nitrogens is 3. The molecule has 1 amide bonds. The highest BCUT2D eigenvalue weighted by Crippen LogP contribution is 2.36. The van der Waals surface area contributed by atoms with Crippen molar-refractivity contribution >= 4 is 28.7 Å². The van der Waals surface area contributed by atoms with Crippen LogP contribution in [0.15, 0.2) is 48.9 Å². The second-order valence-electron chi connectivity index (χ2n) is 10.3. The number of rotatable bonds is 5. The van der Waals surface area contributed by atoms with Crippen LogP contribution in [-0.4, -0.2) is 56.8 Å². The fourth-order valence-electron chi connectivity index (χ4n) is 5.10. The summed E-state index contributed by atoms with van der Waals surface area (Å²) < 4.78 is 22.0. The lowest BCUT2D eigenvalue weighted by Crippen LogP contribution is -2.52. The number of aliphatic hydroxyl groups is 1. The van der Waals surface area contributed by atoms with Gasteiger partial charge in [0.25, 0.3) is 5.91 Å². The molecule has 3 N–H and O–H groups in total. The lowest BCUT2D eigenvalue weighted by Gasteiger charge is -2.39. The zero-order chi connectivity index (χ0) is 26.6. The van der Waals surface area contributed by atoms with E-state index >= 15 is 0 Å². The molecule has 38 heavy (non-hydrogen) atoms. The predicted octanol–water partition coefficient (Wildman–Crippen LogP) is 3.81. The monoisotopic (exact) mass is 516 g/mol. The van der Waals surface area contributed by atoms with E-state index in [-0.39, 0.29) is 23.5 Å². The Labute approximate surface area is 219 Å². The first-order chi connectivity index (χ1) is 18.2. The molecule has 9 nitrogen and oxygen atoms in total. The van der Waals surface area contributed by atoms with E-state index in [0.29, 0.717) is 48.9 Å². The summed E-state index contributed by atoms with van der Waals surface area (Å²) in [5.74, 6) is 0.0657. The summed E-state index contributed by atoms with van der Waals surface area (Å²) in [5.41, 5.74) is 4.32. The fourth-order valence-corrected chi connectivity index (χ4v) is 5.10. The number of morpholine rings is 1. The van der Waals surface area contributed by atoms with Crippen molar-refractivity contribution in [1.29, 1.82) is 0 Å².